The molecule has 2 amide bonds. The zero-order valence-corrected chi connectivity index (χ0v) is 14.7. The number of rotatable bonds is 8. The Morgan fingerprint density at radius 1 is 1.12 bits per heavy atom. The van der Waals surface area contributed by atoms with Crippen LogP contribution in [0, 0.1) is 0 Å². The third-order valence-corrected chi connectivity index (χ3v) is 3.99. The van der Waals surface area contributed by atoms with E-state index in [1.165, 1.54) is 0 Å². The molecule has 1 saturated heterocycles. The Labute approximate surface area is 143 Å². The second kappa shape index (κ2) is 8.57. The van der Waals surface area contributed by atoms with E-state index in [-0.39, 0.29) is 18.4 Å². The van der Waals surface area contributed by atoms with Crippen molar-refractivity contribution < 1.29 is 19.1 Å². The summed E-state index contributed by atoms with van der Waals surface area (Å²) in [5, 5.41) is 0. The van der Waals surface area contributed by atoms with Crippen LogP contribution >= 0.6 is 0 Å². The molecule has 0 unspecified atom stereocenters. The highest BCUT2D eigenvalue weighted by Gasteiger charge is 2.35. The number of hydrogen-bond acceptors (Lipinski definition) is 4. The van der Waals surface area contributed by atoms with E-state index >= 15 is 0 Å². The highest BCUT2D eigenvalue weighted by atomic mass is 16.5. The summed E-state index contributed by atoms with van der Waals surface area (Å²) in [5.41, 5.74) is 0. The molecular weight excluding hydrogens is 308 g/mol. The number of amides is 2. The van der Waals surface area contributed by atoms with Crippen molar-refractivity contribution in [2.75, 3.05) is 32.8 Å². The van der Waals surface area contributed by atoms with Gasteiger partial charge in [0.2, 0.25) is 11.8 Å². The summed E-state index contributed by atoms with van der Waals surface area (Å²) in [6, 6.07) is 6.96. The van der Waals surface area contributed by atoms with E-state index in [9.17, 15) is 9.59 Å². The number of hydrogen-bond donors (Lipinski definition) is 0. The van der Waals surface area contributed by atoms with Gasteiger partial charge in [0.05, 0.1) is 19.7 Å². The lowest BCUT2D eigenvalue weighted by atomic mass is 10.1. The number of carbonyl (C=O) groups excluding carboxylic acids is 2. The lowest BCUT2D eigenvalue weighted by Gasteiger charge is -2.38. The van der Waals surface area contributed by atoms with Gasteiger partial charge in [-0.25, -0.2) is 0 Å². The summed E-state index contributed by atoms with van der Waals surface area (Å²) in [6.07, 6.45) is 0.852. The summed E-state index contributed by atoms with van der Waals surface area (Å²) >= 11 is 0. The van der Waals surface area contributed by atoms with E-state index < -0.39 is 6.04 Å². The van der Waals surface area contributed by atoms with Gasteiger partial charge in [0, 0.05) is 12.6 Å². The maximum absolute atomic E-state index is 12.3. The number of carbonyl (C=O) groups is 2. The molecule has 1 aliphatic heterocycles. The largest absolute Gasteiger partial charge is 0.494 e. The first-order chi connectivity index (χ1) is 11.6. The lowest BCUT2D eigenvalue weighted by Crippen LogP contribution is -2.59. The molecule has 0 N–H and O–H groups in total. The Kier molecular flexibility index (Phi) is 6.46. The number of benzene rings is 1. The van der Waals surface area contributed by atoms with Crippen molar-refractivity contribution in [3.05, 3.63) is 24.3 Å². The third-order valence-electron chi connectivity index (χ3n) is 3.99. The SMILES string of the molecule is CCCN1CC(=O)N(CCOc2cccc(OCC)c2)[C@H](C)C1=O. The van der Waals surface area contributed by atoms with Crippen LogP contribution < -0.4 is 9.47 Å². The van der Waals surface area contributed by atoms with Gasteiger partial charge in [0.25, 0.3) is 0 Å². The van der Waals surface area contributed by atoms with E-state index in [0.29, 0.717) is 32.1 Å². The predicted molar refractivity (Wildman–Crippen MR) is 91.2 cm³/mol. The maximum Gasteiger partial charge on any atom is 0.245 e. The van der Waals surface area contributed by atoms with E-state index in [1.807, 2.05) is 38.1 Å². The van der Waals surface area contributed by atoms with Crippen LogP contribution in [0.3, 0.4) is 0 Å². The van der Waals surface area contributed by atoms with Gasteiger partial charge < -0.3 is 19.3 Å². The Morgan fingerprint density at radius 2 is 1.83 bits per heavy atom. The molecule has 0 spiro atoms. The molecule has 0 aromatic heterocycles. The molecule has 132 valence electrons. The standard InChI is InChI=1S/C18H26N2O4/c1-4-9-19-13-17(21)20(14(3)18(19)22)10-11-24-16-8-6-7-15(12-16)23-5-2/h6-8,12,14H,4-5,9-11,13H2,1-3H3/t14-/m1/s1. The second-order valence-electron chi connectivity index (χ2n) is 5.78. The Balaban J connectivity index is 1.88. The molecule has 1 aliphatic rings. The maximum atomic E-state index is 12.3. The van der Waals surface area contributed by atoms with Crippen molar-refractivity contribution in [3.8, 4) is 11.5 Å². The second-order valence-corrected chi connectivity index (χ2v) is 5.78. The van der Waals surface area contributed by atoms with Crippen molar-refractivity contribution >= 4 is 11.8 Å². The van der Waals surface area contributed by atoms with Crippen LogP contribution in [-0.4, -0.2) is 60.5 Å². The van der Waals surface area contributed by atoms with Crippen LogP contribution in [0.4, 0.5) is 0 Å². The average molecular weight is 334 g/mol. The zero-order valence-electron chi connectivity index (χ0n) is 14.7. The molecule has 6 nitrogen and oxygen atoms in total. The highest BCUT2D eigenvalue weighted by Crippen LogP contribution is 2.19. The van der Waals surface area contributed by atoms with Gasteiger partial charge in [-0.05, 0) is 32.4 Å². The minimum Gasteiger partial charge on any atom is -0.494 e. The van der Waals surface area contributed by atoms with Crippen molar-refractivity contribution in [1.82, 2.24) is 9.80 Å². The summed E-state index contributed by atoms with van der Waals surface area (Å²) in [7, 11) is 0. The molecule has 1 atom stereocenters. The average Bonchev–Trinajstić information content (AvgIpc) is 2.56. The van der Waals surface area contributed by atoms with E-state index in [0.717, 1.165) is 12.2 Å². The van der Waals surface area contributed by atoms with Crippen LogP contribution in [0.1, 0.15) is 27.2 Å². The topological polar surface area (TPSA) is 59.1 Å². The molecule has 6 heteroatoms. The smallest absolute Gasteiger partial charge is 0.245 e. The van der Waals surface area contributed by atoms with E-state index in [1.54, 1.807) is 16.7 Å². The molecule has 1 fully saturated rings. The molecule has 0 aliphatic carbocycles. The molecule has 0 saturated carbocycles. The predicted octanol–water partition coefficient (Wildman–Crippen LogP) is 1.93. The van der Waals surface area contributed by atoms with Crippen LogP contribution in [-0.2, 0) is 9.59 Å². The Hall–Kier alpha value is -2.24. The number of ether oxygens (including phenoxy) is 2. The third kappa shape index (κ3) is 4.40. The van der Waals surface area contributed by atoms with Gasteiger partial charge >= 0.3 is 0 Å². The van der Waals surface area contributed by atoms with Gasteiger partial charge in [-0.3, -0.25) is 9.59 Å². The van der Waals surface area contributed by atoms with Crippen molar-refractivity contribution in [2.24, 2.45) is 0 Å². The van der Waals surface area contributed by atoms with Crippen molar-refractivity contribution in [3.63, 3.8) is 0 Å². The Morgan fingerprint density at radius 3 is 2.50 bits per heavy atom. The summed E-state index contributed by atoms with van der Waals surface area (Å²) in [4.78, 5) is 27.8. The molecule has 1 aromatic carbocycles. The van der Waals surface area contributed by atoms with Gasteiger partial charge in [-0.1, -0.05) is 13.0 Å². The lowest BCUT2D eigenvalue weighted by molar-refractivity contribution is -0.155. The Bertz CT molecular complexity index is 576. The van der Waals surface area contributed by atoms with Crippen LogP contribution in [0.15, 0.2) is 24.3 Å². The molecule has 24 heavy (non-hydrogen) atoms. The highest BCUT2D eigenvalue weighted by molar-refractivity contribution is 5.94. The number of nitrogens with zero attached hydrogens (tertiary/aromatic N) is 2. The summed E-state index contributed by atoms with van der Waals surface area (Å²) in [5.74, 6) is 1.43. The fourth-order valence-corrected chi connectivity index (χ4v) is 2.81. The fourth-order valence-electron chi connectivity index (χ4n) is 2.81. The molecule has 2 rings (SSSR count). The molecule has 1 heterocycles. The number of piperazine rings is 1. The van der Waals surface area contributed by atoms with Gasteiger partial charge in [-0.15, -0.1) is 0 Å². The van der Waals surface area contributed by atoms with Crippen molar-refractivity contribution in [2.45, 2.75) is 33.2 Å². The first kappa shape index (κ1) is 18.1. The van der Waals surface area contributed by atoms with Crippen LogP contribution in [0.2, 0.25) is 0 Å². The van der Waals surface area contributed by atoms with Crippen LogP contribution in [0.25, 0.3) is 0 Å². The van der Waals surface area contributed by atoms with Crippen LogP contribution in [0.5, 0.6) is 11.5 Å². The normalized spacial score (nSPS) is 18.0. The van der Waals surface area contributed by atoms with E-state index in [4.69, 9.17) is 9.47 Å². The van der Waals surface area contributed by atoms with Gasteiger partial charge in [0.1, 0.15) is 24.1 Å². The summed E-state index contributed by atoms with van der Waals surface area (Å²) in [6.45, 7) is 7.82. The monoisotopic (exact) mass is 334 g/mol. The fraction of sp³-hybridized carbons (Fsp3) is 0.556. The first-order valence-corrected chi connectivity index (χ1v) is 8.50. The van der Waals surface area contributed by atoms with Gasteiger partial charge in [-0.2, -0.15) is 0 Å². The summed E-state index contributed by atoms with van der Waals surface area (Å²) < 4.78 is 11.1. The molecular formula is C18H26N2O4. The minimum atomic E-state index is -0.434. The van der Waals surface area contributed by atoms with E-state index in [2.05, 4.69) is 0 Å². The quantitative estimate of drug-likeness (QED) is 0.729. The van der Waals surface area contributed by atoms with Crippen molar-refractivity contribution in [1.29, 1.82) is 0 Å². The minimum absolute atomic E-state index is 0.00907. The molecule has 0 bridgehead atoms. The molecule has 0 radical (unpaired) electrons. The first-order valence-electron chi connectivity index (χ1n) is 8.50. The zero-order chi connectivity index (χ0) is 17.5. The van der Waals surface area contributed by atoms with Gasteiger partial charge in [0.15, 0.2) is 0 Å². The molecule has 1 aromatic rings.